The SMILES string of the molecule is CCC1CCC(NS(=O)(=O)c2ccc(CN)cc2C)C1C. The molecule has 1 fully saturated rings. The Morgan fingerprint density at radius 3 is 2.57 bits per heavy atom. The average Bonchev–Trinajstić information content (AvgIpc) is 2.78. The van der Waals surface area contributed by atoms with E-state index >= 15 is 0 Å². The fraction of sp³-hybridized carbons (Fsp3) is 0.625. The van der Waals surface area contributed by atoms with Crippen molar-refractivity contribution in [1.29, 1.82) is 0 Å². The molecule has 0 spiro atoms. The van der Waals surface area contributed by atoms with Gasteiger partial charge in [-0.2, -0.15) is 0 Å². The van der Waals surface area contributed by atoms with Gasteiger partial charge >= 0.3 is 0 Å². The van der Waals surface area contributed by atoms with Crippen LogP contribution in [0.25, 0.3) is 0 Å². The van der Waals surface area contributed by atoms with Crippen molar-refractivity contribution in [3.05, 3.63) is 29.3 Å². The quantitative estimate of drug-likeness (QED) is 0.878. The lowest BCUT2D eigenvalue weighted by Gasteiger charge is -2.21. The van der Waals surface area contributed by atoms with Crippen LogP contribution < -0.4 is 10.5 Å². The van der Waals surface area contributed by atoms with Gasteiger partial charge in [0.1, 0.15) is 0 Å². The highest BCUT2D eigenvalue weighted by Crippen LogP contribution is 2.34. The summed E-state index contributed by atoms with van der Waals surface area (Å²) in [6, 6.07) is 5.35. The van der Waals surface area contributed by atoms with Gasteiger partial charge in [0.15, 0.2) is 0 Å². The van der Waals surface area contributed by atoms with Gasteiger partial charge in [0, 0.05) is 12.6 Å². The molecule has 1 aliphatic carbocycles. The van der Waals surface area contributed by atoms with Gasteiger partial charge in [-0.3, -0.25) is 0 Å². The first-order valence-corrected chi connectivity index (χ1v) is 9.19. The topological polar surface area (TPSA) is 72.2 Å². The third kappa shape index (κ3) is 3.47. The molecular formula is C16H26N2O2S. The second-order valence-electron chi connectivity index (χ2n) is 6.14. The average molecular weight is 310 g/mol. The standard InChI is InChI=1S/C16H26N2O2S/c1-4-14-6-7-15(12(14)3)18-21(19,20)16-8-5-13(10-17)9-11(16)2/h5,8-9,12,14-15,18H,4,6-7,10,17H2,1-3H3. The molecule has 0 bridgehead atoms. The first-order chi connectivity index (χ1) is 9.89. The van der Waals surface area contributed by atoms with Gasteiger partial charge in [0.2, 0.25) is 10.0 Å². The lowest BCUT2D eigenvalue weighted by molar-refractivity contribution is 0.368. The highest BCUT2D eigenvalue weighted by molar-refractivity contribution is 7.89. The molecule has 118 valence electrons. The van der Waals surface area contributed by atoms with Crippen molar-refractivity contribution < 1.29 is 8.42 Å². The molecular weight excluding hydrogens is 284 g/mol. The molecule has 4 nitrogen and oxygen atoms in total. The zero-order valence-corrected chi connectivity index (χ0v) is 13.9. The number of aryl methyl sites for hydroxylation is 1. The van der Waals surface area contributed by atoms with Gasteiger partial charge in [-0.15, -0.1) is 0 Å². The maximum atomic E-state index is 12.6. The molecule has 3 atom stereocenters. The fourth-order valence-electron chi connectivity index (χ4n) is 3.39. The number of hydrogen-bond acceptors (Lipinski definition) is 3. The van der Waals surface area contributed by atoms with Crippen LogP contribution in [-0.2, 0) is 16.6 Å². The summed E-state index contributed by atoms with van der Waals surface area (Å²) >= 11 is 0. The Hall–Kier alpha value is -0.910. The number of rotatable bonds is 5. The second kappa shape index (κ2) is 6.46. The molecule has 21 heavy (non-hydrogen) atoms. The van der Waals surface area contributed by atoms with E-state index in [9.17, 15) is 8.42 Å². The molecule has 3 N–H and O–H groups in total. The van der Waals surface area contributed by atoms with E-state index in [-0.39, 0.29) is 6.04 Å². The van der Waals surface area contributed by atoms with Crippen LogP contribution in [0.4, 0.5) is 0 Å². The fourth-order valence-corrected chi connectivity index (χ4v) is 4.98. The van der Waals surface area contributed by atoms with Gasteiger partial charge in [0.05, 0.1) is 4.90 Å². The number of benzene rings is 1. The van der Waals surface area contributed by atoms with Crippen molar-refractivity contribution in [3.63, 3.8) is 0 Å². The first kappa shape index (κ1) is 16.5. The van der Waals surface area contributed by atoms with E-state index in [2.05, 4.69) is 18.6 Å². The third-order valence-electron chi connectivity index (χ3n) is 4.82. The van der Waals surface area contributed by atoms with E-state index < -0.39 is 10.0 Å². The summed E-state index contributed by atoms with van der Waals surface area (Å²) in [6.07, 6.45) is 3.15. The number of sulfonamides is 1. The minimum absolute atomic E-state index is 0.0496. The summed E-state index contributed by atoms with van der Waals surface area (Å²) in [4.78, 5) is 0.367. The van der Waals surface area contributed by atoms with Crippen LogP contribution in [0.3, 0.4) is 0 Å². The Kier molecular flexibility index (Phi) is 5.07. The monoisotopic (exact) mass is 310 g/mol. The van der Waals surface area contributed by atoms with Gasteiger partial charge < -0.3 is 5.73 Å². The summed E-state index contributed by atoms with van der Waals surface area (Å²) in [7, 11) is -3.45. The van der Waals surface area contributed by atoms with Crippen LogP contribution in [0.15, 0.2) is 23.1 Å². The Morgan fingerprint density at radius 1 is 1.33 bits per heavy atom. The van der Waals surface area contributed by atoms with E-state index in [1.54, 1.807) is 12.1 Å². The normalized spacial score (nSPS) is 26.2. The van der Waals surface area contributed by atoms with Gasteiger partial charge in [0.25, 0.3) is 0 Å². The molecule has 2 rings (SSSR count). The minimum Gasteiger partial charge on any atom is -0.326 e. The van der Waals surface area contributed by atoms with Crippen molar-refractivity contribution in [3.8, 4) is 0 Å². The predicted molar refractivity (Wildman–Crippen MR) is 85.4 cm³/mol. The van der Waals surface area contributed by atoms with Crippen LogP contribution in [0, 0.1) is 18.8 Å². The molecule has 3 unspecified atom stereocenters. The maximum absolute atomic E-state index is 12.6. The van der Waals surface area contributed by atoms with Crippen LogP contribution in [-0.4, -0.2) is 14.5 Å². The van der Waals surface area contributed by atoms with Crippen molar-refractivity contribution >= 4 is 10.0 Å². The molecule has 0 saturated heterocycles. The summed E-state index contributed by atoms with van der Waals surface area (Å²) in [5, 5.41) is 0. The first-order valence-electron chi connectivity index (χ1n) is 7.71. The Bertz CT molecular complexity index is 598. The summed E-state index contributed by atoms with van der Waals surface area (Å²) in [6.45, 7) is 6.57. The highest BCUT2D eigenvalue weighted by Gasteiger charge is 2.34. The summed E-state index contributed by atoms with van der Waals surface area (Å²) < 4.78 is 28.1. The second-order valence-corrected chi connectivity index (χ2v) is 7.82. The van der Waals surface area contributed by atoms with Gasteiger partial charge in [-0.05, 0) is 48.8 Å². The van der Waals surface area contributed by atoms with E-state index in [1.165, 1.54) is 0 Å². The minimum atomic E-state index is -3.45. The predicted octanol–water partition coefficient (Wildman–Crippen LogP) is 2.56. The van der Waals surface area contributed by atoms with Crippen LogP contribution in [0.5, 0.6) is 0 Å². The zero-order valence-electron chi connectivity index (χ0n) is 13.1. The largest absolute Gasteiger partial charge is 0.326 e. The summed E-state index contributed by atoms with van der Waals surface area (Å²) in [5.74, 6) is 1.02. The van der Waals surface area contributed by atoms with E-state index in [0.29, 0.717) is 23.3 Å². The molecule has 0 aromatic heterocycles. The molecule has 0 aliphatic heterocycles. The lowest BCUT2D eigenvalue weighted by atomic mass is 9.94. The number of hydrogen-bond donors (Lipinski definition) is 2. The third-order valence-corrected chi connectivity index (χ3v) is 6.47. The van der Waals surface area contributed by atoms with Crippen molar-refractivity contribution in [2.45, 2.75) is 57.5 Å². The maximum Gasteiger partial charge on any atom is 0.241 e. The van der Waals surface area contributed by atoms with Gasteiger partial charge in [-0.1, -0.05) is 32.4 Å². The Balaban J connectivity index is 2.19. The molecule has 1 aromatic carbocycles. The van der Waals surface area contributed by atoms with Crippen LogP contribution in [0.2, 0.25) is 0 Å². The molecule has 0 amide bonds. The number of nitrogens with one attached hydrogen (secondary N) is 1. The van der Waals surface area contributed by atoms with E-state index in [4.69, 9.17) is 5.73 Å². The molecule has 1 aromatic rings. The van der Waals surface area contributed by atoms with Crippen LogP contribution >= 0.6 is 0 Å². The smallest absolute Gasteiger partial charge is 0.241 e. The molecule has 0 radical (unpaired) electrons. The molecule has 5 heteroatoms. The van der Waals surface area contributed by atoms with Crippen molar-refractivity contribution in [2.75, 3.05) is 0 Å². The molecule has 1 aliphatic rings. The van der Waals surface area contributed by atoms with E-state index in [1.807, 2.05) is 13.0 Å². The Morgan fingerprint density at radius 2 is 2.05 bits per heavy atom. The summed E-state index contributed by atoms with van der Waals surface area (Å²) in [5.41, 5.74) is 7.30. The molecule has 1 saturated carbocycles. The van der Waals surface area contributed by atoms with Crippen LogP contribution in [0.1, 0.15) is 44.2 Å². The van der Waals surface area contributed by atoms with E-state index in [0.717, 1.165) is 30.4 Å². The van der Waals surface area contributed by atoms with Gasteiger partial charge in [-0.25, -0.2) is 13.1 Å². The Labute approximate surface area is 128 Å². The number of nitrogens with two attached hydrogens (primary N) is 1. The zero-order chi connectivity index (χ0) is 15.6. The lowest BCUT2D eigenvalue weighted by Crippen LogP contribution is -2.37. The van der Waals surface area contributed by atoms with Crippen molar-refractivity contribution in [2.24, 2.45) is 17.6 Å². The van der Waals surface area contributed by atoms with Crippen molar-refractivity contribution in [1.82, 2.24) is 4.72 Å². The highest BCUT2D eigenvalue weighted by atomic mass is 32.2. The molecule has 0 heterocycles.